The van der Waals surface area contributed by atoms with Crippen LogP contribution in [0.4, 0.5) is 0 Å². The minimum atomic E-state index is -0.588. The highest BCUT2D eigenvalue weighted by atomic mass is 32.1. The number of thiophene rings is 2. The molecule has 8 nitrogen and oxygen atoms in total. The van der Waals surface area contributed by atoms with Crippen molar-refractivity contribution in [3.05, 3.63) is 78.1 Å². The fraction of sp³-hybridized carbons (Fsp3) is 0.294. The lowest BCUT2D eigenvalue weighted by Crippen LogP contribution is -2.39. The van der Waals surface area contributed by atoms with Crippen LogP contribution in [0, 0.1) is 28.1 Å². The number of fused-ring (bicyclic) bond motifs is 4. The van der Waals surface area contributed by atoms with Gasteiger partial charge in [0, 0.05) is 50.5 Å². The van der Waals surface area contributed by atoms with E-state index in [1.165, 1.54) is 35.7 Å². The fourth-order valence-electron chi connectivity index (χ4n) is 6.56. The molecule has 0 bridgehead atoms. The SMILES string of the molecule is CC1=C(C#N)C(=O)N(C)C(=O)/C1=C/C1=CC2=C(c3sc4cc(/C=C5/C(=O)N(C)C(=O)C(C#N)=C5C)sc4c3C2(C)C)C1(C)C. The number of amides is 4. The van der Waals surface area contributed by atoms with Gasteiger partial charge in [-0.15, -0.1) is 22.7 Å². The van der Waals surface area contributed by atoms with Gasteiger partial charge in [-0.25, -0.2) is 0 Å². The maximum Gasteiger partial charge on any atom is 0.271 e. The van der Waals surface area contributed by atoms with E-state index in [2.05, 4.69) is 39.8 Å². The molecule has 4 heterocycles. The van der Waals surface area contributed by atoms with E-state index >= 15 is 0 Å². The maximum absolute atomic E-state index is 13.1. The van der Waals surface area contributed by atoms with Crippen LogP contribution in [-0.2, 0) is 24.6 Å². The minimum Gasteiger partial charge on any atom is -0.277 e. The van der Waals surface area contributed by atoms with E-state index in [1.807, 2.05) is 18.2 Å². The summed E-state index contributed by atoms with van der Waals surface area (Å²) in [6.45, 7) is 11.9. The monoisotopic (exact) mass is 620 g/mol. The molecular weight excluding hydrogens is 593 g/mol. The molecule has 220 valence electrons. The van der Waals surface area contributed by atoms with Crippen LogP contribution in [0.5, 0.6) is 0 Å². The topological polar surface area (TPSA) is 122 Å². The number of hydrogen-bond donors (Lipinski definition) is 0. The first-order valence-electron chi connectivity index (χ1n) is 13.9. The van der Waals surface area contributed by atoms with Crippen molar-refractivity contribution in [2.24, 2.45) is 5.41 Å². The molecule has 0 aromatic carbocycles. The van der Waals surface area contributed by atoms with Gasteiger partial charge >= 0.3 is 0 Å². The van der Waals surface area contributed by atoms with Crippen molar-refractivity contribution in [3.63, 3.8) is 0 Å². The first kappa shape index (κ1) is 29.4. The van der Waals surface area contributed by atoms with Crippen LogP contribution in [0.15, 0.2) is 62.8 Å². The summed E-state index contributed by atoms with van der Waals surface area (Å²) in [5.74, 6) is -2.03. The maximum atomic E-state index is 13.1. The average Bonchev–Trinajstić information content (AvgIpc) is 3.64. The summed E-state index contributed by atoms with van der Waals surface area (Å²) >= 11 is 3.28. The lowest BCUT2D eigenvalue weighted by molar-refractivity contribution is -0.140. The van der Waals surface area contributed by atoms with Crippen molar-refractivity contribution in [1.82, 2.24) is 9.80 Å². The van der Waals surface area contributed by atoms with Crippen LogP contribution in [0.25, 0.3) is 21.0 Å². The summed E-state index contributed by atoms with van der Waals surface area (Å²) in [5, 5.41) is 19.1. The van der Waals surface area contributed by atoms with Crippen LogP contribution < -0.4 is 0 Å². The van der Waals surface area contributed by atoms with Gasteiger partial charge in [0.15, 0.2) is 0 Å². The Bertz CT molecular complexity index is 2110. The van der Waals surface area contributed by atoms with E-state index in [0.717, 1.165) is 29.6 Å². The Morgan fingerprint density at radius 2 is 1.30 bits per heavy atom. The molecule has 0 fully saturated rings. The summed E-state index contributed by atoms with van der Waals surface area (Å²) in [6, 6.07) is 5.96. The summed E-state index contributed by atoms with van der Waals surface area (Å²) in [5.41, 5.74) is 5.15. The molecule has 2 aromatic rings. The van der Waals surface area contributed by atoms with Crippen molar-refractivity contribution in [3.8, 4) is 12.1 Å². The molecular formula is C34H28N4O4S2. The minimum absolute atomic E-state index is 0.0233. The molecule has 10 heteroatoms. The van der Waals surface area contributed by atoms with Gasteiger partial charge in [-0.05, 0) is 65.5 Å². The Kier molecular flexibility index (Phi) is 6.31. The van der Waals surface area contributed by atoms with Crippen molar-refractivity contribution in [2.45, 2.75) is 47.0 Å². The lowest BCUT2D eigenvalue weighted by atomic mass is 9.78. The number of nitrogens with zero attached hydrogens (tertiary/aromatic N) is 4. The third-order valence-electron chi connectivity index (χ3n) is 9.30. The van der Waals surface area contributed by atoms with Gasteiger partial charge < -0.3 is 0 Å². The number of likely N-dealkylation sites (N-methyl/N-ethyl adjacent to an activating group) is 2. The number of hydrogen-bond acceptors (Lipinski definition) is 8. The summed E-state index contributed by atoms with van der Waals surface area (Å²) < 4.78 is 2.22. The smallest absolute Gasteiger partial charge is 0.271 e. The average molecular weight is 621 g/mol. The highest BCUT2D eigenvalue weighted by Crippen LogP contribution is 2.64. The third-order valence-corrected chi connectivity index (χ3v) is 11.7. The van der Waals surface area contributed by atoms with Gasteiger partial charge in [0.05, 0.1) is 4.70 Å². The molecule has 0 radical (unpaired) electrons. The molecule has 0 saturated carbocycles. The molecule has 44 heavy (non-hydrogen) atoms. The second-order valence-corrected chi connectivity index (χ2v) is 14.6. The van der Waals surface area contributed by atoms with Gasteiger partial charge in [-0.2, -0.15) is 10.5 Å². The van der Waals surface area contributed by atoms with Crippen LogP contribution in [0.3, 0.4) is 0 Å². The Hall–Kier alpha value is -4.64. The zero-order valence-electron chi connectivity index (χ0n) is 25.5. The molecule has 6 rings (SSSR count). The third kappa shape index (κ3) is 3.71. The molecule has 0 unspecified atom stereocenters. The number of rotatable bonds is 2. The second-order valence-electron chi connectivity index (χ2n) is 12.5. The molecule has 4 amide bonds. The molecule has 4 aliphatic rings. The lowest BCUT2D eigenvalue weighted by Gasteiger charge is -2.28. The quantitative estimate of drug-likeness (QED) is 0.302. The van der Waals surface area contributed by atoms with E-state index in [1.54, 1.807) is 42.6 Å². The first-order valence-corrected chi connectivity index (χ1v) is 15.6. The number of allylic oxidation sites excluding steroid dienone is 5. The van der Waals surface area contributed by atoms with Crippen LogP contribution in [0.2, 0.25) is 0 Å². The zero-order valence-corrected chi connectivity index (χ0v) is 27.2. The highest BCUT2D eigenvalue weighted by Gasteiger charge is 2.49. The molecule has 2 aliphatic heterocycles. The number of nitriles is 2. The Labute approximate surface area is 262 Å². The molecule has 0 saturated heterocycles. The predicted octanol–water partition coefficient (Wildman–Crippen LogP) is 5.96. The molecule has 2 aromatic heterocycles. The predicted molar refractivity (Wildman–Crippen MR) is 170 cm³/mol. The van der Waals surface area contributed by atoms with Crippen molar-refractivity contribution >= 4 is 67.4 Å². The van der Waals surface area contributed by atoms with E-state index < -0.39 is 29.0 Å². The molecule has 2 aliphatic carbocycles. The summed E-state index contributed by atoms with van der Waals surface area (Å²) in [6.07, 6.45) is 5.75. The molecule has 0 spiro atoms. The van der Waals surface area contributed by atoms with Crippen molar-refractivity contribution < 1.29 is 19.2 Å². The van der Waals surface area contributed by atoms with Gasteiger partial charge in [-0.3, -0.25) is 29.0 Å². The van der Waals surface area contributed by atoms with E-state index in [-0.39, 0.29) is 16.6 Å². The van der Waals surface area contributed by atoms with Crippen molar-refractivity contribution in [1.29, 1.82) is 10.5 Å². The first-order chi connectivity index (χ1) is 20.6. The highest BCUT2D eigenvalue weighted by molar-refractivity contribution is 7.29. The molecule has 0 N–H and O–H groups in total. The van der Waals surface area contributed by atoms with Gasteiger partial charge in [0.25, 0.3) is 23.6 Å². The van der Waals surface area contributed by atoms with E-state index in [9.17, 15) is 29.7 Å². The van der Waals surface area contributed by atoms with E-state index in [0.29, 0.717) is 22.3 Å². The van der Waals surface area contributed by atoms with Crippen LogP contribution in [-0.4, -0.2) is 47.5 Å². The number of carbonyl (C=O) groups is 4. The zero-order chi connectivity index (χ0) is 32.2. The normalized spacial score (nSPS) is 22.9. The van der Waals surface area contributed by atoms with Crippen molar-refractivity contribution in [2.75, 3.05) is 14.1 Å². The Morgan fingerprint density at radius 3 is 1.82 bits per heavy atom. The van der Waals surface area contributed by atoms with Crippen LogP contribution in [0.1, 0.15) is 56.9 Å². The molecule has 0 atom stereocenters. The van der Waals surface area contributed by atoms with Gasteiger partial charge in [0.2, 0.25) is 0 Å². The standard InChI is InChI=1S/C34H28N4O4S2/c1-15-19(29(39)37(7)31(41)21(15)13-35)9-17-10-23-25(33(17,3)4)28-26(34(23,5)6)27-24(44-28)12-18(43-27)11-20-16(2)22(14-36)32(42)38(8)30(20)40/h9-12H,1-8H3/b19-9+,20-11+. The van der Waals surface area contributed by atoms with E-state index in [4.69, 9.17) is 0 Å². The Balaban J connectivity index is 1.44. The van der Waals surface area contributed by atoms with Crippen LogP contribution >= 0.6 is 22.7 Å². The summed E-state index contributed by atoms with van der Waals surface area (Å²) in [4.78, 5) is 55.0. The Morgan fingerprint density at radius 1 is 0.773 bits per heavy atom. The van der Waals surface area contributed by atoms with Gasteiger partial charge in [-0.1, -0.05) is 33.8 Å². The van der Waals surface area contributed by atoms with Gasteiger partial charge in [0.1, 0.15) is 23.3 Å². The second kappa shape index (κ2) is 9.43. The number of carbonyl (C=O) groups excluding carboxylic acids is 4. The number of imide groups is 2. The summed E-state index contributed by atoms with van der Waals surface area (Å²) in [7, 11) is 2.79. The largest absolute Gasteiger partial charge is 0.277 e. The fourth-order valence-corrected chi connectivity index (χ4v) is 9.68.